The van der Waals surface area contributed by atoms with Gasteiger partial charge in [0.25, 0.3) is 0 Å². The summed E-state index contributed by atoms with van der Waals surface area (Å²) in [6.45, 7) is 1.26. The van der Waals surface area contributed by atoms with E-state index >= 15 is 0 Å². The Morgan fingerprint density at radius 3 is 2.57 bits per heavy atom. The third-order valence-electron chi connectivity index (χ3n) is 3.18. The molecule has 0 unspecified atom stereocenters. The summed E-state index contributed by atoms with van der Waals surface area (Å²) in [6.07, 6.45) is 0. The molecule has 120 valence electrons. The number of ether oxygens (including phenoxy) is 1. The average molecular weight is 333 g/mol. The summed E-state index contributed by atoms with van der Waals surface area (Å²) in [5.41, 5.74) is 1.10. The average Bonchev–Trinajstić information content (AvgIpc) is 2.53. The molecule has 0 heterocycles. The van der Waals surface area contributed by atoms with Crippen LogP contribution in [-0.2, 0) is 9.59 Å². The van der Waals surface area contributed by atoms with E-state index in [1.807, 2.05) is 0 Å². The highest BCUT2D eigenvalue weighted by molar-refractivity contribution is 6.33. The maximum Gasteiger partial charge on any atom is 0.244 e. The molecule has 2 amide bonds. The lowest BCUT2D eigenvalue weighted by Crippen LogP contribution is -2.36. The van der Waals surface area contributed by atoms with Crippen LogP contribution >= 0.6 is 11.6 Å². The van der Waals surface area contributed by atoms with Crippen LogP contribution in [0, 0.1) is 0 Å². The van der Waals surface area contributed by atoms with Gasteiger partial charge in [0.15, 0.2) is 0 Å². The number of methoxy groups -OCH3 is 1. The minimum absolute atomic E-state index is 0.129. The number of nitrogens with zero attached hydrogens (tertiary/aromatic N) is 1. The second-order valence-corrected chi connectivity index (χ2v) is 5.24. The lowest BCUT2D eigenvalue weighted by atomic mass is 10.2. The van der Waals surface area contributed by atoms with E-state index in [9.17, 15) is 9.59 Å². The molecule has 0 bridgehead atoms. The molecule has 0 atom stereocenters. The summed E-state index contributed by atoms with van der Waals surface area (Å²) in [5.74, 6) is 0.0459. The fraction of sp³-hybridized carbons (Fsp3) is 0.176. The molecule has 1 N–H and O–H groups in total. The van der Waals surface area contributed by atoms with Gasteiger partial charge in [-0.1, -0.05) is 29.8 Å². The number of carbonyl (C=O) groups is 2. The molecular formula is C17H17ClN2O3. The van der Waals surface area contributed by atoms with E-state index in [-0.39, 0.29) is 18.4 Å². The molecule has 0 saturated carbocycles. The number of amides is 2. The maximum atomic E-state index is 12.2. The quantitative estimate of drug-likeness (QED) is 0.913. The van der Waals surface area contributed by atoms with E-state index < -0.39 is 0 Å². The summed E-state index contributed by atoms with van der Waals surface area (Å²) < 4.78 is 5.11. The first kappa shape index (κ1) is 16.8. The highest BCUT2D eigenvalue weighted by atomic mass is 35.5. The SMILES string of the molecule is COc1cccc(NC(=O)CN(C(C)=O)c2ccccc2Cl)c1. The lowest BCUT2D eigenvalue weighted by Gasteiger charge is -2.21. The van der Waals surface area contributed by atoms with Crippen molar-refractivity contribution < 1.29 is 14.3 Å². The summed E-state index contributed by atoms with van der Waals surface area (Å²) in [7, 11) is 1.55. The van der Waals surface area contributed by atoms with E-state index in [0.717, 1.165) is 0 Å². The smallest absolute Gasteiger partial charge is 0.244 e. The summed E-state index contributed by atoms with van der Waals surface area (Å²) >= 11 is 6.10. The fourth-order valence-electron chi connectivity index (χ4n) is 2.08. The number of hydrogen-bond donors (Lipinski definition) is 1. The summed E-state index contributed by atoms with van der Waals surface area (Å²) in [4.78, 5) is 25.4. The van der Waals surface area contributed by atoms with Gasteiger partial charge in [0, 0.05) is 18.7 Å². The van der Waals surface area contributed by atoms with Crippen LogP contribution in [0.1, 0.15) is 6.92 Å². The Morgan fingerprint density at radius 1 is 1.17 bits per heavy atom. The van der Waals surface area contributed by atoms with Crippen LogP contribution in [0.4, 0.5) is 11.4 Å². The van der Waals surface area contributed by atoms with Gasteiger partial charge in [-0.2, -0.15) is 0 Å². The van der Waals surface area contributed by atoms with Crippen LogP contribution in [-0.4, -0.2) is 25.5 Å². The molecule has 0 aliphatic heterocycles. The highest BCUT2D eigenvalue weighted by Crippen LogP contribution is 2.25. The van der Waals surface area contributed by atoms with Crippen molar-refractivity contribution in [3.63, 3.8) is 0 Å². The molecular weight excluding hydrogens is 316 g/mol. The number of hydrogen-bond acceptors (Lipinski definition) is 3. The summed E-state index contributed by atoms with van der Waals surface area (Å²) in [6, 6.07) is 13.9. The maximum absolute atomic E-state index is 12.2. The molecule has 0 spiro atoms. The van der Waals surface area contributed by atoms with Crippen molar-refractivity contribution in [3.05, 3.63) is 53.6 Å². The zero-order chi connectivity index (χ0) is 16.8. The van der Waals surface area contributed by atoms with Gasteiger partial charge in [-0.15, -0.1) is 0 Å². The fourth-order valence-corrected chi connectivity index (χ4v) is 2.32. The highest BCUT2D eigenvalue weighted by Gasteiger charge is 2.18. The normalized spacial score (nSPS) is 10.0. The Kier molecular flexibility index (Phi) is 5.60. The number of benzene rings is 2. The Balaban J connectivity index is 2.12. The molecule has 2 aromatic rings. The van der Waals surface area contributed by atoms with E-state index in [1.165, 1.54) is 11.8 Å². The van der Waals surface area contributed by atoms with Crippen molar-refractivity contribution in [2.45, 2.75) is 6.92 Å². The minimum atomic E-state index is -0.326. The molecule has 6 heteroatoms. The number of carbonyl (C=O) groups excluding carboxylic acids is 2. The molecule has 2 rings (SSSR count). The van der Waals surface area contributed by atoms with Crippen molar-refractivity contribution in [2.24, 2.45) is 0 Å². The predicted molar refractivity (Wildman–Crippen MR) is 91.1 cm³/mol. The second kappa shape index (κ2) is 7.65. The number of nitrogens with one attached hydrogen (secondary N) is 1. The number of halogens is 1. The predicted octanol–water partition coefficient (Wildman–Crippen LogP) is 3.34. The topological polar surface area (TPSA) is 58.6 Å². The monoisotopic (exact) mass is 332 g/mol. The van der Waals surface area contributed by atoms with Gasteiger partial charge in [0.1, 0.15) is 12.3 Å². The molecule has 23 heavy (non-hydrogen) atoms. The Bertz CT molecular complexity index is 718. The van der Waals surface area contributed by atoms with Gasteiger partial charge in [-0.3, -0.25) is 9.59 Å². The van der Waals surface area contributed by atoms with Gasteiger partial charge in [-0.25, -0.2) is 0 Å². The molecule has 5 nitrogen and oxygen atoms in total. The zero-order valence-electron chi connectivity index (χ0n) is 12.9. The van der Waals surface area contributed by atoms with Crippen molar-refractivity contribution in [1.29, 1.82) is 0 Å². The van der Waals surface area contributed by atoms with Crippen molar-refractivity contribution in [2.75, 3.05) is 23.9 Å². The third-order valence-corrected chi connectivity index (χ3v) is 3.50. The Morgan fingerprint density at radius 2 is 1.91 bits per heavy atom. The van der Waals surface area contributed by atoms with Gasteiger partial charge in [0.2, 0.25) is 11.8 Å². The van der Waals surface area contributed by atoms with Crippen LogP contribution < -0.4 is 15.0 Å². The van der Waals surface area contributed by atoms with Gasteiger partial charge >= 0.3 is 0 Å². The third kappa shape index (κ3) is 4.47. The largest absolute Gasteiger partial charge is 0.497 e. The van der Waals surface area contributed by atoms with Crippen molar-refractivity contribution in [1.82, 2.24) is 0 Å². The van der Waals surface area contributed by atoms with Crippen LogP contribution in [0.2, 0.25) is 5.02 Å². The van der Waals surface area contributed by atoms with Crippen LogP contribution in [0.15, 0.2) is 48.5 Å². The molecule has 0 aliphatic rings. The standard InChI is InChI=1S/C17H17ClN2O3/c1-12(21)20(16-9-4-3-8-15(16)18)11-17(22)19-13-6-5-7-14(10-13)23-2/h3-10H,11H2,1-2H3,(H,19,22). The first-order valence-electron chi connectivity index (χ1n) is 6.98. The van der Waals surface area contributed by atoms with E-state index in [4.69, 9.17) is 16.3 Å². The van der Waals surface area contributed by atoms with Crippen LogP contribution in [0.5, 0.6) is 5.75 Å². The van der Waals surface area contributed by atoms with Crippen molar-refractivity contribution >= 4 is 34.8 Å². The van der Waals surface area contributed by atoms with Crippen LogP contribution in [0.25, 0.3) is 0 Å². The number of anilines is 2. The zero-order valence-corrected chi connectivity index (χ0v) is 13.6. The molecule has 0 aliphatic carbocycles. The first-order valence-corrected chi connectivity index (χ1v) is 7.35. The van der Waals surface area contributed by atoms with E-state index in [0.29, 0.717) is 22.1 Å². The van der Waals surface area contributed by atoms with Gasteiger partial charge in [-0.05, 0) is 24.3 Å². The van der Waals surface area contributed by atoms with E-state index in [2.05, 4.69) is 5.32 Å². The van der Waals surface area contributed by atoms with Crippen LogP contribution in [0.3, 0.4) is 0 Å². The first-order chi connectivity index (χ1) is 11.0. The summed E-state index contributed by atoms with van der Waals surface area (Å²) in [5, 5.41) is 3.15. The molecule has 0 radical (unpaired) electrons. The minimum Gasteiger partial charge on any atom is -0.497 e. The Labute approximate surface area is 139 Å². The second-order valence-electron chi connectivity index (χ2n) is 4.84. The van der Waals surface area contributed by atoms with E-state index in [1.54, 1.807) is 55.6 Å². The van der Waals surface area contributed by atoms with Gasteiger partial charge < -0.3 is 15.0 Å². The van der Waals surface area contributed by atoms with Gasteiger partial charge in [0.05, 0.1) is 17.8 Å². The lowest BCUT2D eigenvalue weighted by molar-refractivity contribution is -0.120. The molecule has 2 aromatic carbocycles. The molecule has 0 fully saturated rings. The Hall–Kier alpha value is -2.53. The molecule has 0 saturated heterocycles. The number of rotatable bonds is 5. The van der Waals surface area contributed by atoms with Crippen molar-refractivity contribution in [3.8, 4) is 5.75 Å². The number of para-hydroxylation sites is 1. The molecule has 0 aromatic heterocycles.